The quantitative estimate of drug-likeness (QED) is 0.585. The number of nitrogens with zero attached hydrogens (tertiary/aromatic N) is 1. The molecule has 86 valence electrons. The van der Waals surface area contributed by atoms with Crippen LogP contribution >= 0.6 is 0 Å². The van der Waals surface area contributed by atoms with Crippen molar-refractivity contribution in [1.29, 1.82) is 5.41 Å². The molecule has 16 heavy (non-hydrogen) atoms. The van der Waals surface area contributed by atoms with Crippen LogP contribution in [0.5, 0.6) is 5.88 Å². The van der Waals surface area contributed by atoms with Crippen LogP contribution in [0.25, 0.3) is 0 Å². The summed E-state index contributed by atoms with van der Waals surface area (Å²) in [5, 5.41) is 7.30. The van der Waals surface area contributed by atoms with Crippen LogP contribution in [0.15, 0.2) is 18.3 Å². The van der Waals surface area contributed by atoms with Crippen molar-refractivity contribution < 1.29 is 9.47 Å². The zero-order valence-corrected chi connectivity index (χ0v) is 8.98. The normalized spacial score (nSPS) is 19.6. The van der Waals surface area contributed by atoms with E-state index in [0.717, 1.165) is 19.4 Å². The molecule has 0 aromatic carbocycles. The largest absolute Gasteiger partial charge is 0.475 e. The molecule has 1 fully saturated rings. The molecule has 5 heteroatoms. The van der Waals surface area contributed by atoms with E-state index in [-0.39, 0.29) is 11.9 Å². The highest BCUT2D eigenvalue weighted by Crippen LogP contribution is 2.14. The van der Waals surface area contributed by atoms with Gasteiger partial charge in [0.1, 0.15) is 12.4 Å². The zero-order valence-electron chi connectivity index (χ0n) is 8.98. The van der Waals surface area contributed by atoms with Crippen LogP contribution in [0.4, 0.5) is 0 Å². The van der Waals surface area contributed by atoms with Crippen molar-refractivity contribution in [2.75, 3.05) is 13.2 Å². The van der Waals surface area contributed by atoms with Gasteiger partial charge in [-0.1, -0.05) is 0 Å². The number of aromatic nitrogens is 1. The first kappa shape index (κ1) is 10.9. The average molecular weight is 221 g/mol. The summed E-state index contributed by atoms with van der Waals surface area (Å²) in [4.78, 5) is 4.05. The Morgan fingerprint density at radius 1 is 1.69 bits per heavy atom. The predicted octanol–water partition coefficient (Wildman–Crippen LogP) is 0.923. The van der Waals surface area contributed by atoms with E-state index in [1.54, 1.807) is 18.3 Å². The van der Waals surface area contributed by atoms with Gasteiger partial charge in [-0.15, -0.1) is 0 Å². The van der Waals surface area contributed by atoms with E-state index in [0.29, 0.717) is 18.1 Å². The minimum atomic E-state index is 0.0179. The van der Waals surface area contributed by atoms with E-state index in [1.165, 1.54) is 0 Å². The monoisotopic (exact) mass is 221 g/mol. The van der Waals surface area contributed by atoms with Gasteiger partial charge in [0, 0.05) is 24.4 Å². The molecule has 0 radical (unpaired) electrons. The molecule has 3 N–H and O–H groups in total. The highest BCUT2D eigenvalue weighted by Gasteiger charge is 2.16. The van der Waals surface area contributed by atoms with Gasteiger partial charge >= 0.3 is 0 Å². The first-order valence-electron chi connectivity index (χ1n) is 5.30. The highest BCUT2D eigenvalue weighted by atomic mass is 16.5. The first-order chi connectivity index (χ1) is 7.75. The molecule has 0 aliphatic carbocycles. The van der Waals surface area contributed by atoms with E-state index in [9.17, 15) is 0 Å². The van der Waals surface area contributed by atoms with Gasteiger partial charge in [0.25, 0.3) is 0 Å². The summed E-state index contributed by atoms with van der Waals surface area (Å²) < 4.78 is 10.9. The van der Waals surface area contributed by atoms with E-state index in [1.807, 2.05) is 0 Å². The second-order valence-electron chi connectivity index (χ2n) is 3.74. The van der Waals surface area contributed by atoms with Crippen LogP contribution < -0.4 is 10.5 Å². The van der Waals surface area contributed by atoms with E-state index in [4.69, 9.17) is 20.6 Å². The van der Waals surface area contributed by atoms with Crippen molar-refractivity contribution in [3.63, 3.8) is 0 Å². The van der Waals surface area contributed by atoms with Gasteiger partial charge in [0.05, 0.1) is 6.10 Å². The van der Waals surface area contributed by atoms with Gasteiger partial charge < -0.3 is 15.2 Å². The maximum atomic E-state index is 7.30. The third kappa shape index (κ3) is 2.70. The molecule has 2 heterocycles. The lowest BCUT2D eigenvalue weighted by Gasteiger charge is -2.10. The molecule has 2 rings (SSSR count). The lowest BCUT2D eigenvalue weighted by molar-refractivity contribution is 0.0663. The maximum absolute atomic E-state index is 7.30. The van der Waals surface area contributed by atoms with Crippen LogP contribution in [-0.4, -0.2) is 30.1 Å². The maximum Gasteiger partial charge on any atom is 0.213 e. The van der Waals surface area contributed by atoms with Gasteiger partial charge in [-0.05, 0) is 18.9 Å². The smallest absolute Gasteiger partial charge is 0.213 e. The van der Waals surface area contributed by atoms with Crippen LogP contribution in [-0.2, 0) is 4.74 Å². The number of nitrogens with one attached hydrogen (secondary N) is 1. The summed E-state index contributed by atoms with van der Waals surface area (Å²) in [5.74, 6) is 0.507. The Hall–Kier alpha value is -1.62. The molecule has 1 saturated heterocycles. The summed E-state index contributed by atoms with van der Waals surface area (Å²) in [6.07, 6.45) is 3.88. The molecule has 1 atom stereocenters. The Morgan fingerprint density at radius 3 is 3.25 bits per heavy atom. The number of amidine groups is 1. The van der Waals surface area contributed by atoms with E-state index >= 15 is 0 Å². The molecule has 1 aliphatic rings. The Labute approximate surface area is 94.1 Å². The van der Waals surface area contributed by atoms with Gasteiger partial charge in [-0.2, -0.15) is 0 Å². The van der Waals surface area contributed by atoms with Crippen LogP contribution in [0, 0.1) is 5.41 Å². The van der Waals surface area contributed by atoms with Crippen molar-refractivity contribution in [1.82, 2.24) is 4.98 Å². The van der Waals surface area contributed by atoms with E-state index < -0.39 is 0 Å². The molecule has 0 spiro atoms. The lowest BCUT2D eigenvalue weighted by Crippen LogP contribution is -2.17. The number of hydrogen-bond acceptors (Lipinski definition) is 4. The van der Waals surface area contributed by atoms with Crippen molar-refractivity contribution in [3.8, 4) is 5.88 Å². The summed E-state index contributed by atoms with van der Waals surface area (Å²) in [7, 11) is 0. The number of nitrogen functional groups attached to an aromatic ring is 1. The van der Waals surface area contributed by atoms with Crippen molar-refractivity contribution in [2.24, 2.45) is 5.73 Å². The third-order valence-electron chi connectivity index (χ3n) is 2.49. The molecule has 1 aromatic rings. The minimum Gasteiger partial charge on any atom is -0.475 e. The van der Waals surface area contributed by atoms with Crippen LogP contribution in [0.3, 0.4) is 0 Å². The number of rotatable bonds is 4. The van der Waals surface area contributed by atoms with Gasteiger partial charge in [0.2, 0.25) is 5.88 Å². The molecule has 1 aliphatic heterocycles. The topological polar surface area (TPSA) is 81.2 Å². The van der Waals surface area contributed by atoms with Crippen molar-refractivity contribution in [3.05, 3.63) is 23.9 Å². The Bertz CT molecular complexity index is 375. The van der Waals surface area contributed by atoms with Crippen LogP contribution in [0.1, 0.15) is 18.4 Å². The van der Waals surface area contributed by atoms with Crippen molar-refractivity contribution >= 4 is 5.84 Å². The SMILES string of the molecule is N=C(N)c1ccnc(OCC2CCCO2)c1. The number of hydrogen-bond donors (Lipinski definition) is 2. The Morgan fingerprint density at radius 2 is 2.56 bits per heavy atom. The third-order valence-corrected chi connectivity index (χ3v) is 2.49. The predicted molar refractivity (Wildman–Crippen MR) is 59.7 cm³/mol. The Kier molecular flexibility index (Phi) is 3.36. The zero-order chi connectivity index (χ0) is 11.4. The highest BCUT2D eigenvalue weighted by molar-refractivity contribution is 5.95. The minimum absolute atomic E-state index is 0.0179. The summed E-state index contributed by atoms with van der Waals surface area (Å²) in [6, 6.07) is 3.35. The van der Waals surface area contributed by atoms with Crippen LogP contribution in [0.2, 0.25) is 0 Å². The fourth-order valence-electron chi connectivity index (χ4n) is 1.61. The number of ether oxygens (including phenoxy) is 2. The van der Waals surface area contributed by atoms with Gasteiger partial charge in [-0.25, -0.2) is 4.98 Å². The molecule has 1 aromatic heterocycles. The summed E-state index contributed by atoms with van der Waals surface area (Å²) in [6.45, 7) is 1.32. The molecule has 5 nitrogen and oxygen atoms in total. The summed E-state index contributed by atoms with van der Waals surface area (Å²) >= 11 is 0. The second kappa shape index (κ2) is 4.94. The number of pyridine rings is 1. The number of nitrogens with two attached hydrogens (primary N) is 1. The fraction of sp³-hybridized carbons (Fsp3) is 0.455. The molecular formula is C11H15N3O2. The standard InChI is InChI=1S/C11H15N3O2/c12-11(13)8-3-4-14-10(6-8)16-7-9-2-1-5-15-9/h3-4,6,9H,1-2,5,7H2,(H3,12,13). The second-order valence-corrected chi connectivity index (χ2v) is 3.74. The van der Waals surface area contributed by atoms with Crippen molar-refractivity contribution in [2.45, 2.75) is 18.9 Å². The molecule has 1 unspecified atom stereocenters. The molecular weight excluding hydrogens is 206 g/mol. The van der Waals surface area contributed by atoms with Gasteiger partial charge in [-0.3, -0.25) is 5.41 Å². The molecule has 0 bridgehead atoms. The summed E-state index contributed by atoms with van der Waals surface area (Å²) in [5.41, 5.74) is 6.00. The average Bonchev–Trinajstić information content (AvgIpc) is 2.79. The van der Waals surface area contributed by atoms with E-state index in [2.05, 4.69) is 4.98 Å². The Balaban J connectivity index is 1.93. The van der Waals surface area contributed by atoms with Gasteiger partial charge in [0.15, 0.2) is 0 Å². The lowest BCUT2D eigenvalue weighted by atomic mass is 10.2. The fourth-order valence-corrected chi connectivity index (χ4v) is 1.61. The molecule has 0 saturated carbocycles. The first-order valence-corrected chi connectivity index (χ1v) is 5.30. The molecule has 0 amide bonds.